The Morgan fingerprint density at radius 1 is 1.55 bits per heavy atom. The van der Waals surface area contributed by atoms with E-state index < -0.39 is 0 Å². The van der Waals surface area contributed by atoms with Crippen LogP contribution in [0.15, 0.2) is 17.8 Å². The molecule has 0 saturated heterocycles. The molecule has 0 fully saturated rings. The van der Waals surface area contributed by atoms with Crippen molar-refractivity contribution in [3.63, 3.8) is 0 Å². The molecule has 2 rings (SSSR count). The van der Waals surface area contributed by atoms with Gasteiger partial charge in [-0.3, -0.25) is 9.48 Å². The molecule has 0 saturated carbocycles. The van der Waals surface area contributed by atoms with Crippen LogP contribution in [0.1, 0.15) is 30.8 Å². The number of aryl methyl sites for hydroxylation is 1. The summed E-state index contributed by atoms with van der Waals surface area (Å²) in [5.41, 5.74) is 1.40. The van der Waals surface area contributed by atoms with Crippen LogP contribution in [0, 0.1) is 0 Å². The highest BCUT2D eigenvalue weighted by Crippen LogP contribution is 2.22. The average molecular weight is 321 g/mol. The molecule has 1 atom stereocenters. The van der Waals surface area contributed by atoms with Crippen LogP contribution in [0.25, 0.3) is 10.6 Å². The smallest absolute Gasteiger partial charge is 0.270 e. The van der Waals surface area contributed by atoms with E-state index in [9.17, 15) is 4.79 Å². The van der Waals surface area contributed by atoms with Crippen molar-refractivity contribution in [3.8, 4) is 10.6 Å². The SMILES string of the molecule is CC[C@@H](C)N(C)CCNC(=O)c1csc(-c2cnn(C)c2)n1. The first-order valence-electron chi connectivity index (χ1n) is 7.44. The average Bonchev–Trinajstić information content (AvgIpc) is 3.14. The highest BCUT2D eigenvalue weighted by atomic mass is 32.1. The molecule has 0 aromatic carbocycles. The van der Waals surface area contributed by atoms with E-state index in [0.717, 1.165) is 23.5 Å². The highest BCUT2D eigenvalue weighted by molar-refractivity contribution is 7.13. The fourth-order valence-electron chi connectivity index (χ4n) is 2.01. The van der Waals surface area contributed by atoms with Crippen molar-refractivity contribution in [2.75, 3.05) is 20.1 Å². The molecule has 0 aliphatic heterocycles. The number of thiazole rings is 1. The maximum absolute atomic E-state index is 12.1. The number of likely N-dealkylation sites (N-methyl/N-ethyl adjacent to an activating group) is 1. The summed E-state index contributed by atoms with van der Waals surface area (Å²) in [7, 11) is 3.93. The lowest BCUT2D eigenvalue weighted by atomic mass is 10.2. The molecule has 1 amide bonds. The summed E-state index contributed by atoms with van der Waals surface area (Å²) >= 11 is 1.46. The molecule has 0 bridgehead atoms. The van der Waals surface area contributed by atoms with Gasteiger partial charge in [-0.25, -0.2) is 4.98 Å². The highest BCUT2D eigenvalue weighted by Gasteiger charge is 2.13. The van der Waals surface area contributed by atoms with Crippen LogP contribution in [0.4, 0.5) is 0 Å². The lowest BCUT2D eigenvalue weighted by Gasteiger charge is -2.23. The van der Waals surface area contributed by atoms with E-state index in [2.05, 4.69) is 41.2 Å². The van der Waals surface area contributed by atoms with Crippen LogP contribution in [-0.4, -0.2) is 51.8 Å². The number of aromatic nitrogens is 3. The van der Waals surface area contributed by atoms with Gasteiger partial charge in [-0.05, 0) is 20.4 Å². The number of rotatable bonds is 7. The molecule has 2 aromatic rings. The third-order valence-electron chi connectivity index (χ3n) is 3.78. The quantitative estimate of drug-likeness (QED) is 0.847. The van der Waals surface area contributed by atoms with Gasteiger partial charge in [-0.15, -0.1) is 11.3 Å². The van der Waals surface area contributed by atoms with E-state index in [4.69, 9.17) is 0 Å². The van der Waals surface area contributed by atoms with Crippen molar-refractivity contribution in [1.29, 1.82) is 0 Å². The van der Waals surface area contributed by atoms with Crippen LogP contribution >= 0.6 is 11.3 Å². The number of carbonyl (C=O) groups is 1. The zero-order valence-electron chi connectivity index (χ0n) is 13.5. The minimum Gasteiger partial charge on any atom is -0.349 e. The Labute approximate surface area is 135 Å². The molecule has 0 unspecified atom stereocenters. The summed E-state index contributed by atoms with van der Waals surface area (Å²) in [6, 6.07) is 0.522. The van der Waals surface area contributed by atoms with Crippen LogP contribution in [0.3, 0.4) is 0 Å². The Bertz CT molecular complexity index is 621. The molecule has 0 spiro atoms. The van der Waals surface area contributed by atoms with E-state index in [1.54, 1.807) is 16.3 Å². The van der Waals surface area contributed by atoms with Gasteiger partial charge >= 0.3 is 0 Å². The minimum absolute atomic E-state index is 0.121. The molecule has 7 heteroatoms. The Kier molecular flexibility index (Phi) is 5.68. The molecular formula is C15H23N5OS. The van der Waals surface area contributed by atoms with Gasteiger partial charge in [0, 0.05) is 43.3 Å². The minimum atomic E-state index is -0.121. The molecule has 120 valence electrons. The zero-order chi connectivity index (χ0) is 16.1. The number of hydrogen-bond acceptors (Lipinski definition) is 5. The monoisotopic (exact) mass is 321 g/mol. The Balaban J connectivity index is 1.87. The topological polar surface area (TPSA) is 63.1 Å². The Morgan fingerprint density at radius 2 is 2.32 bits per heavy atom. The number of hydrogen-bond donors (Lipinski definition) is 1. The normalized spacial score (nSPS) is 12.6. The summed E-state index contributed by atoms with van der Waals surface area (Å²) in [6.45, 7) is 5.80. The molecule has 6 nitrogen and oxygen atoms in total. The van der Waals surface area contributed by atoms with Crippen molar-refractivity contribution in [3.05, 3.63) is 23.5 Å². The maximum Gasteiger partial charge on any atom is 0.270 e. The van der Waals surface area contributed by atoms with Gasteiger partial charge in [0.05, 0.1) is 6.20 Å². The Hall–Kier alpha value is -1.73. The molecule has 0 aliphatic rings. The lowest BCUT2D eigenvalue weighted by Crippen LogP contribution is -2.37. The second kappa shape index (κ2) is 7.51. The summed E-state index contributed by atoms with van der Waals surface area (Å²) in [4.78, 5) is 18.7. The van der Waals surface area contributed by atoms with Gasteiger partial charge in [-0.2, -0.15) is 5.10 Å². The van der Waals surface area contributed by atoms with Gasteiger partial charge in [-0.1, -0.05) is 6.92 Å². The number of nitrogens with one attached hydrogen (secondary N) is 1. The van der Waals surface area contributed by atoms with E-state index in [-0.39, 0.29) is 5.91 Å². The first-order chi connectivity index (χ1) is 10.5. The zero-order valence-corrected chi connectivity index (χ0v) is 14.4. The van der Waals surface area contributed by atoms with Crippen LogP contribution in [0.2, 0.25) is 0 Å². The van der Waals surface area contributed by atoms with Crippen molar-refractivity contribution in [1.82, 2.24) is 25.0 Å². The van der Waals surface area contributed by atoms with Crippen molar-refractivity contribution in [2.24, 2.45) is 7.05 Å². The van der Waals surface area contributed by atoms with Gasteiger partial charge in [0.15, 0.2) is 0 Å². The van der Waals surface area contributed by atoms with Crippen LogP contribution in [0.5, 0.6) is 0 Å². The molecule has 0 radical (unpaired) electrons. The van der Waals surface area contributed by atoms with E-state index in [0.29, 0.717) is 18.3 Å². The van der Waals surface area contributed by atoms with Crippen LogP contribution in [-0.2, 0) is 7.05 Å². The van der Waals surface area contributed by atoms with E-state index in [1.807, 2.05) is 13.2 Å². The molecule has 1 N–H and O–H groups in total. The van der Waals surface area contributed by atoms with Gasteiger partial charge in [0.2, 0.25) is 0 Å². The molecular weight excluding hydrogens is 298 g/mol. The first-order valence-corrected chi connectivity index (χ1v) is 8.32. The fraction of sp³-hybridized carbons (Fsp3) is 0.533. The Morgan fingerprint density at radius 3 is 2.95 bits per heavy atom. The molecule has 22 heavy (non-hydrogen) atoms. The summed E-state index contributed by atoms with van der Waals surface area (Å²) < 4.78 is 1.72. The third kappa shape index (κ3) is 4.14. The van der Waals surface area contributed by atoms with E-state index in [1.165, 1.54) is 11.3 Å². The largest absolute Gasteiger partial charge is 0.349 e. The summed E-state index contributed by atoms with van der Waals surface area (Å²) in [6.07, 6.45) is 4.74. The second-order valence-corrected chi connectivity index (χ2v) is 6.29. The molecule has 0 aliphatic carbocycles. The fourth-order valence-corrected chi connectivity index (χ4v) is 2.79. The summed E-state index contributed by atoms with van der Waals surface area (Å²) in [5, 5.41) is 9.64. The van der Waals surface area contributed by atoms with Crippen molar-refractivity contribution >= 4 is 17.2 Å². The first kappa shape index (κ1) is 16.6. The van der Waals surface area contributed by atoms with Crippen molar-refractivity contribution < 1.29 is 4.79 Å². The third-order valence-corrected chi connectivity index (χ3v) is 4.67. The lowest BCUT2D eigenvalue weighted by molar-refractivity contribution is 0.0943. The summed E-state index contributed by atoms with van der Waals surface area (Å²) in [5.74, 6) is -0.121. The van der Waals surface area contributed by atoms with Crippen LogP contribution < -0.4 is 5.32 Å². The molecule has 2 heterocycles. The standard InChI is InChI=1S/C15H23N5OS/c1-5-11(2)19(3)7-6-16-14(21)13-10-22-15(18-13)12-8-17-20(4)9-12/h8-11H,5-7H2,1-4H3,(H,16,21)/t11-/m1/s1. The predicted molar refractivity (Wildman–Crippen MR) is 89.0 cm³/mol. The maximum atomic E-state index is 12.1. The van der Waals surface area contributed by atoms with E-state index >= 15 is 0 Å². The van der Waals surface area contributed by atoms with Gasteiger partial charge in [0.1, 0.15) is 10.7 Å². The van der Waals surface area contributed by atoms with Gasteiger partial charge in [0.25, 0.3) is 5.91 Å². The number of carbonyl (C=O) groups excluding carboxylic acids is 1. The van der Waals surface area contributed by atoms with Gasteiger partial charge < -0.3 is 10.2 Å². The predicted octanol–water partition coefficient (Wildman–Crippen LogP) is 2.00. The second-order valence-electron chi connectivity index (χ2n) is 5.43. The number of amides is 1. The molecule has 2 aromatic heterocycles. The van der Waals surface area contributed by atoms with Crippen molar-refractivity contribution in [2.45, 2.75) is 26.3 Å². The number of nitrogens with zero attached hydrogens (tertiary/aromatic N) is 4.